The Kier molecular flexibility index (Phi) is 4.28. The summed E-state index contributed by atoms with van der Waals surface area (Å²) in [7, 11) is 0. The third kappa shape index (κ3) is 3.26. The zero-order valence-electron chi connectivity index (χ0n) is 11.6. The molecule has 2 heteroatoms. The number of hydrogen-bond acceptors (Lipinski definition) is 2. The summed E-state index contributed by atoms with van der Waals surface area (Å²) in [5.74, 6) is 2.33. The second kappa shape index (κ2) is 5.75. The van der Waals surface area contributed by atoms with Gasteiger partial charge >= 0.3 is 0 Å². The van der Waals surface area contributed by atoms with Gasteiger partial charge in [-0.15, -0.1) is 0 Å². The minimum atomic E-state index is 0.0504. The molecule has 0 radical (unpaired) electrons. The lowest BCUT2D eigenvalue weighted by atomic mass is 9.82. The Balaban J connectivity index is 2.08. The molecule has 1 aliphatic rings. The number of benzene rings is 1. The molecule has 100 valence electrons. The molecule has 2 unspecified atom stereocenters. The van der Waals surface area contributed by atoms with Crippen molar-refractivity contribution in [3.8, 4) is 5.75 Å². The fraction of sp³-hybridized carbons (Fsp3) is 0.625. The molecule has 1 fully saturated rings. The molecule has 0 saturated heterocycles. The van der Waals surface area contributed by atoms with Crippen molar-refractivity contribution < 1.29 is 9.84 Å². The van der Waals surface area contributed by atoms with E-state index in [1.807, 2.05) is 25.1 Å². The fourth-order valence-corrected chi connectivity index (χ4v) is 3.10. The quantitative estimate of drug-likeness (QED) is 0.884. The Morgan fingerprint density at radius 1 is 1.17 bits per heavy atom. The molecule has 0 aliphatic heterocycles. The summed E-state index contributed by atoms with van der Waals surface area (Å²) in [6.45, 7) is 6.69. The first kappa shape index (κ1) is 13.4. The van der Waals surface area contributed by atoms with Crippen LogP contribution in [0, 0.1) is 18.8 Å². The standard InChI is InChI=1S/C16H24O2/c1-11-4-5-16(14(7-11)10-17)18-15-8-12(2)6-13(3)9-15/h4-5,7,12-13,15,17H,6,8-10H2,1-3H3. The maximum atomic E-state index is 9.40. The van der Waals surface area contributed by atoms with Gasteiger partial charge in [0.2, 0.25) is 0 Å². The maximum Gasteiger partial charge on any atom is 0.125 e. The van der Waals surface area contributed by atoms with Crippen LogP contribution in [0.2, 0.25) is 0 Å². The number of aliphatic hydroxyl groups excluding tert-OH is 1. The van der Waals surface area contributed by atoms with E-state index in [9.17, 15) is 5.11 Å². The van der Waals surface area contributed by atoms with E-state index in [1.54, 1.807) is 0 Å². The number of ether oxygens (including phenoxy) is 1. The molecule has 1 aliphatic carbocycles. The van der Waals surface area contributed by atoms with Crippen LogP contribution >= 0.6 is 0 Å². The predicted molar refractivity (Wildman–Crippen MR) is 73.7 cm³/mol. The molecule has 0 aromatic heterocycles. The molecule has 2 atom stereocenters. The van der Waals surface area contributed by atoms with Crippen LogP contribution < -0.4 is 4.74 Å². The van der Waals surface area contributed by atoms with Gasteiger partial charge in [0.1, 0.15) is 5.75 Å². The average molecular weight is 248 g/mol. The van der Waals surface area contributed by atoms with E-state index in [1.165, 1.54) is 6.42 Å². The smallest absolute Gasteiger partial charge is 0.125 e. The van der Waals surface area contributed by atoms with Crippen LogP contribution in [-0.2, 0) is 6.61 Å². The van der Waals surface area contributed by atoms with E-state index in [4.69, 9.17) is 4.74 Å². The molecule has 2 rings (SSSR count). The maximum absolute atomic E-state index is 9.40. The molecule has 0 amide bonds. The number of aryl methyl sites for hydroxylation is 1. The first-order valence-corrected chi connectivity index (χ1v) is 6.95. The van der Waals surface area contributed by atoms with Crippen molar-refractivity contribution in [2.45, 2.75) is 52.7 Å². The third-order valence-corrected chi connectivity index (χ3v) is 3.82. The van der Waals surface area contributed by atoms with Gasteiger partial charge in [0, 0.05) is 5.56 Å². The van der Waals surface area contributed by atoms with Crippen molar-refractivity contribution in [2.75, 3.05) is 0 Å². The molecule has 2 nitrogen and oxygen atoms in total. The van der Waals surface area contributed by atoms with Crippen molar-refractivity contribution in [1.82, 2.24) is 0 Å². The summed E-state index contributed by atoms with van der Waals surface area (Å²) in [6.07, 6.45) is 3.86. The minimum absolute atomic E-state index is 0.0504. The number of rotatable bonds is 3. The summed E-state index contributed by atoms with van der Waals surface area (Å²) in [5, 5.41) is 9.40. The van der Waals surface area contributed by atoms with Crippen molar-refractivity contribution in [2.24, 2.45) is 11.8 Å². The van der Waals surface area contributed by atoms with Gasteiger partial charge in [0.25, 0.3) is 0 Å². The summed E-state index contributed by atoms with van der Waals surface area (Å²) in [6, 6.07) is 6.04. The SMILES string of the molecule is Cc1ccc(OC2CC(C)CC(C)C2)c(CO)c1. The van der Waals surface area contributed by atoms with Gasteiger partial charge in [0.15, 0.2) is 0 Å². The summed E-state index contributed by atoms with van der Waals surface area (Å²) in [4.78, 5) is 0. The molecule has 1 saturated carbocycles. The number of aliphatic hydroxyl groups is 1. The number of hydrogen-bond donors (Lipinski definition) is 1. The predicted octanol–water partition coefficient (Wildman–Crippen LogP) is 3.69. The molecule has 0 heterocycles. The zero-order valence-corrected chi connectivity index (χ0v) is 11.6. The van der Waals surface area contributed by atoms with Crippen LogP contribution in [0.15, 0.2) is 18.2 Å². The molecular formula is C16H24O2. The van der Waals surface area contributed by atoms with Crippen LogP contribution in [0.5, 0.6) is 5.75 Å². The molecule has 0 bridgehead atoms. The topological polar surface area (TPSA) is 29.5 Å². The van der Waals surface area contributed by atoms with Gasteiger partial charge < -0.3 is 9.84 Å². The molecular weight excluding hydrogens is 224 g/mol. The van der Waals surface area contributed by atoms with Crippen LogP contribution in [0.1, 0.15) is 44.2 Å². The summed E-state index contributed by atoms with van der Waals surface area (Å²) in [5.41, 5.74) is 2.07. The third-order valence-electron chi connectivity index (χ3n) is 3.82. The van der Waals surface area contributed by atoms with Crippen molar-refractivity contribution in [1.29, 1.82) is 0 Å². The first-order valence-electron chi connectivity index (χ1n) is 6.95. The average Bonchev–Trinajstić information content (AvgIpc) is 2.30. The molecule has 1 aromatic carbocycles. The monoisotopic (exact) mass is 248 g/mol. The van der Waals surface area contributed by atoms with Gasteiger partial charge in [-0.05, 0) is 44.1 Å². The van der Waals surface area contributed by atoms with E-state index in [2.05, 4.69) is 13.8 Å². The Hall–Kier alpha value is -1.02. The molecule has 1 N–H and O–H groups in total. The van der Waals surface area contributed by atoms with Gasteiger partial charge in [-0.1, -0.05) is 31.5 Å². The van der Waals surface area contributed by atoms with Crippen molar-refractivity contribution in [3.05, 3.63) is 29.3 Å². The lowest BCUT2D eigenvalue weighted by Crippen LogP contribution is -2.28. The lowest BCUT2D eigenvalue weighted by Gasteiger charge is -2.32. The highest BCUT2D eigenvalue weighted by atomic mass is 16.5. The van der Waals surface area contributed by atoms with E-state index >= 15 is 0 Å². The second-order valence-corrected chi connectivity index (χ2v) is 5.93. The van der Waals surface area contributed by atoms with E-state index < -0.39 is 0 Å². The largest absolute Gasteiger partial charge is 0.490 e. The highest BCUT2D eigenvalue weighted by Gasteiger charge is 2.25. The Bertz CT molecular complexity index is 390. The Labute approximate surface area is 110 Å². The second-order valence-electron chi connectivity index (χ2n) is 5.93. The van der Waals surface area contributed by atoms with Gasteiger partial charge in [0.05, 0.1) is 12.7 Å². The van der Waals surface area contributed by atoms with E-state index in [-0.39, 0.29) is 6.61 Å². The lowest BCUT2D eigenvalue weighted by molar-refractivity contribution is 0.0984. The van der Waals surface area contributed by atoms with Crippen LogP contribution in [-0.4, -0.2) is 11.2 Å². The van der Waals surface area contributed by atoms with Crippen molar-refractivity contribution >= 4 is 0 Å². The molecule has 0 spiro atoms. The summed E-state index contributed by atoms with van der Waals surface area (Å²) >= 11 is 0. The normalized spacial score (nSPS) is 28.1. The first-order chi connectivity index (χ1) is 8.58. The van der Waals surface area contributed by atoms with E-state index in [0.717, 1.165) is 41.6 Å². The van der Waals surface area contributed by atoms with Crippen LogP contribution in [0.3, 0.4) is 0 Å². The summed E-state index contributed by atoms with van der Waals surface area (Å²) < 4.78 is 6.11. The Morgan fingerprint density at radius 2 is 1.83 bits per heavy atom. The minimum Gasteiger partial charge on any atom is -0.490 e. The fourth-order valence-electron chi connectivity index (χ4n) is 3.10. The van der Waals surface area contributed by atoms with Crippen LogP contribution in [0.4, 0.5) is 0 Å². The molecule has 1 aromatic rings. The van der Waals surface area contributed by atoms with E-state index in [0.29, 0.717) is 6.10 Å². The highest BCUT2D eigenvalue weighted by Crippen LogP contribution is 2.32. The zero-order chi connectivity index (χ0) is 13.1. The highest BCUT2D eigenvalue weighted by molar-refractivity contribution is 5.36. The van der Waals surface area contributed by atoms with Gasteiger partial charge in [-0.2, -0.15) is 0 Å². The molecule has 18 heavy (non-hydrogen) atoms. The van der Waals surface area contributed by atoms with Crippen LogP contribution in [0.25, 0.3) is 0 Å². The van der Waals surface area contributed by atoms with Gasteiger partial charge in [-0.25, -0.2) is 0 Å². The van der Waals surface area contributed by atoms with Crippen molar-refractivity contribution in [3.63, 3.8) is 0 Å². The Morgan fingerprint density at radius 3 is 2.44 bits per heavy atom. The van der Waals surface area contributed by atoms with Gasteiger partial charge in [-0.3, -0.25) is 0 Å².